The first-order chi connectivity index (χ1) is 22.8. The monoisotopic (exact) mass is 682 g/mol. The van der Waals surface area contributed by atoms with Crippen LogP contribution < -0.4 is 0 Å². The van der Waals surface area contributed by atoms with Gasteiger partial charge in [-0.05, 0) is 51.4 Å². The second-order valence-corrected chi connectivity index (χ2v) is 13.4. The molecule has 0 aromatic rings. The molecule has 47 heavy (non-hydrogen) atoms. The quantitative estimate of drug-likeness (QED) is 0.0304. The van der Waals surface area contributed by atoms with Crippen molar-refractivity contribution in [1.82, 2.24) is 0 Å². The van der Waals surface area contributed by atoms with Crippen molar-refractivity contribution in [2.45, 2.75) is 168 Å². The Kier molecular flexibility index (Phi) is 32.5. The summed E-state index contributed by atoms with van der Waals surface area (Å²) in [5.41, 5.74) is 0. The van der Waals surface area contributed by atoms with E-state index in [-0.39, 0.29) is 19.4 Å². The number of hydrogen-bond acceptors (Lipinski definition) is 6. The number of carbonyl (C=O) groups excluding carboxylic acids is 2. The van der Waals surface area contributed by atoms with Crippen LogP contribution in [0.3, 0.4) is 0 Å². The lowest BCUT2D eigenvalue weighted by Crippen LogP contribution is -2.29. The number of hydrogen-bond donors (Lipinski definition) is 2. The maximum Gasteiger partial charge on any atom is 0.469 e. The van der Waals surface area contributed by atoms with Gasteiger partial charge in [0.05, 0.1) is 6.61 Å². The second kappa shape index (κ2) is 33.9. The Labute approximate surface area is 286 Å². The lowest BCUT2D eigenvalue weighted by molar-refractivity contribution is -0.161. The van der Waals surface area contributed by atoms with E-state index >= 15 is 0 Å². The van der Waals surface area contributed by atoms with Gasteiger partial charge in [0.2, 0.25) is 0 Å². The normalized spacial score (nSPS) is 13.0. The number of carbonyl (C=O) groups is 2. The van der Waals surface area contributed by atoms with E-state index in [0.717, 1.165) is 64.2 Å². The minimum absolute atomic E-state index is 0.205. The molecule has 0 aromatic carbocycles. The number of phosphoric ester groups is 1. The number of esters is 2. The van der Waals surface area contributed by atoms with Crippen molar-refractivity contribution in [2.75, 3.05) is 13.2 Å². The summed E-state index contributed by atoms with van der Waals surface area (Å²) in [6, 6.07) is 0. The molecule has 0 amide bonds. The zero-order valence-electron chi connectivity index (χ0n) is 29.7. The maximum atomic E-state index is 12.3. The highest BCUT2D eigenvalue weighted by atomic mass is 31.2. The van der Waals surface area contributed by atoms with Crippen LogP contribution in [-0.2, 0) is 28.2 Å². The number of allylic oxidation sites excluding steroid dienone is 8. The van der Waals surface area contributed by atoms with Gasteiger partial charge in [-0.2, -0.15) is 0 Å². The second-order valence-electron chi connectivity index (χ2n) is 12.2. The molecule has 8 nitrogen and oxygen atoms in total. The van der Waals surface area contributed by atoms with E-state index in [1.165, 1.54) is 57.8 Å². The van der Waals surface area contributed by atoms with E-state index in [9.17, 15) is 14.2 Å². The van der Waals surface area contributed by atoms with Crippen LogP contribution in [0, 0.1) is 0 Å². The van der Waals surface area contributed by atoms with Crippen LogP contribution in [-0.4, -0.2) is 41.0 Å². The molecule has 0 rings (SSSR count). The van der Waals surface area contributed by atoms with Crippen molar-refractivity contribution < 1.29 is 37.9 Å². The molecule has 1 atom stereocenters. The van der Waals surface area contributed by atoms with Crippen LogP contribution in [0.4, 0.5) is 0 Å². The molecular formula is C38H67O8P. The standard InChI is InChI=1S/C38H67O8P/c1-3-5-7-9-11-13-15-17-18-19-20-21-23-24-26-28-30-32-37(39)44-34-36(35-45-47(41,42)43)46-38(40)33-31-29-27-25-22-16-14-12-10-8-6-4-2/h7,9,13,15,18-19,21,23,36H,3-6,8,10-12,14,16-17,20,22,24-35H2,1-2H3,(H2,41,42,43)/b9-7+,15-13+,19-18+,23-21+/t36-/m1/s1. The van der Waals surface area contributed by atoms with Gasteiger partial charge in [-0.1, -0.05) is 146 Å². The average molecular weight is 683 g/mol. The van der Waals surface area contributed by atoms with E-state index in [1.54, 1.807) is 0 Å². The Morgan fingerprint density at radius 3 is 1.51 bits per heavy atom. The van der Waals surface area contributed by atoms with Gasteiger partial charge in [0.25, 0.3) is 0 Å². The minimum atomic E-state index is -4.75. The van der Waals surface area contributed by atoms with Gasteiger partial charge >= 0.3 is 19.8 Å². The number of ether oxygens (including phenoxy) is 2. The topological polar surface area (TPSA) is 119 Å². The van der Waals surface area contributed by atoms with Crippen LogP contribution in [0.25, 0.3) is 0 Å². The molecule has 272 valence electrons. The zero-order valence-corrected chi connectivity index (χ0v) is 30.6. The highest BCUT2D eigenvalue weighted by Gasteiger charge is 2.22. The van der Waals surface area contributed by atoms with Crippen LogP contribution in [0.15, 0.2) is 48.6 Å². The Balaban J connectivity index is 4.04. The molecule has 2 N–H and O–H groups in total. The predicted molar refractivity (Wildman–Crippen MR) is 193 cm³/mol. The average Bonchev–Trinajstić information content (AvgIpc) is 3.04. The summed E-state index contributed by atoms with van der Waals surface area (Å²) >= 11 is 0. The van der Waals surface area contributed by atoms with Crippen molar-refractivity contribution in [1.29, 1.82) is 0 Å². The first kappa shape index (κ1) is 45.0. The van der Waals surface area contributed by atoms with Crippen LogP contribution in [0.2, 0.25) is 0 Å². The van der Waals surface area contributed by atoms with Crippen molar-refractivity contribution >= 4 is 19.8 Å². The van der Waals surface area contributed by atoms with Crippen molar-refractivity contribution in [2.24, 2.45) is 0 Å². The fourth-order valence-corrected chi connectivity index (χ4v) is 5.19. The Morgan fingerprint density at radius 1 is 0.553 bits per heavy atom. The van der Waals surface area contributed by atoms with Gasteiger partial charge in [0.15, 0.2) is 6.10 Å². The van der Waals surface area contributed by atoms with E-state index in [0.29, 0.717) is 12.8 Å². The Hall–Kier alpha value is -1.99. The van der Waals surface area contributed by atoms with E-state index < -0.39 is 32.5 Å². The van der Waals surface area contributed by atoms with Crippen LogP contribution in [0.1, 0.15) is 162 Å². The summed E-state index contributed by atoms with van der Waals surface area (Å²) in [6.45, 7) is 3.57. The molecule has 0 aliphatic rings. The lowest BCUT2D eigenvalue weighted by Gasteiger charge is -2.18. The first-order valence-electron chi connectivity index (χ1n) is 18.4. The van der Waals surface area contributed by atoms with E-state index in [4.69, 9.17) is 19.3 Å². The van der Waals surface area contributed by atoms with Gasteiger partial charge in [-0.3, -0.25) is 14.1 Å². The molecule has 9 heteroatoms. The maximum absolute atomic E-state index is 12.3. The molecule has 0 spiro atoms. The molecule has 0 saturated carbocycles. The van der Waals surface area contributed by atoms with E-state index in [2.05, 4.69) is 67.0 Å². The molecule has 0 heterocycles. The summed E-state index contributed by atoms with van der Waals surface area (Å²) in [7, 11) is -4.75. The van der Waals surface area contributed by atoms with Gasteiger partial charge in [0, 0.05) is 12.8 Å². The third-order valence-corrected chi connectivity index (χ3v) is 8.07. The molecule has 0 unspecified atom stereocenters. The van der Waals surface area contributed by atoms with Gasteiger partial charge in [-0.15, -0.1) is 0 Å². The van der Waals surface area contributed by atoms with Crippen molar-refractivity contribution in [3.05, 3.63) is 48.6 Å². The molecular weight excluding hydrogens is 615 g/mol. The largest absolute Gasteiger partial charge is 0.469 e. The molecule has 0 aromatic heterocycles. The minimum Gasteiger partial charge on any atom is -0.462 e. The predicted octanol–water partition coefficient (Wildman–Crippen LogP) is 10.8. The summed E-state index contributed by atoms with van der Waals surface area (Å²) < 4.78 is 26.2. The molecule has 0 saturated heterocycles. The third-order valence-electron chi connectivity index (χ3n) is 7.58. The van der Waals surface area contributed by atoms with Gasteiger partial charge in [-0.25, -0.2) is 4.57 Å². The van der Waals surface area contributed by atoms with E-state index in [1.807, 2.05) is 0 Å². The zero-order chi connectivity index (χ0) is 34.7. The number of rotatable bonds is 33. The molecule has 0 bridgehead atoms. The molecule has 0 aliphatic heterocycles. The van der Waals surface area contributed by atoms with Crippen LogP contribution in [0.5, 0.6) is 0 Å². The molecule has 0 aliphatic carbocycles. The smallest absolute Gasteiger partial charge is 0.462 e. The fourth-order valence-electron chi connectivity index (χ4n) is 4.83. The van der Waals surface area contributed by atoms with Gasteiger partial charge < -0.3 is 19.3 Å². The summed E-state index contributed by atoms with van der Waals surface area (Å²) in [5, 5.41) is 0. The van der Waals surface area contributed by atoms with Gasteiger partial charge in [0.1, 0.15) is 6.61 Å². The number of unbranched alkanes of at least 4 members (excludes halogenated alkanes) is 15. The SMILES string of the molecule is CCC/C=C/C/C=C/C/C=C/C/C=C/CCCCCC(=O)OC[C@H](COP(=O)(O)O)OC(=O)CCCCCCCCCCCCCC. The third kappa shape index (κ3) is 36.7. The Morgan fingerprint density at radius 2 is 1.00 bits per heavy atom. The highest BCUT2D eigenvalue weighted by molar-refractivity contribution is 7.46. The summed E-state index contributed by atoms with van der Waals surface area (Å²) in [4.78, 5) is 42.6. The summed E-state index contributed by atoms with van der Waals surface area (Å²) in [5.74, 6) is -0.923. The highest BCUT2D eigenvalue weighted by Crippen LogP contribution is 2.36. The van der Waals surface area contributed by atoms with Crippen molar-refractivity contribution in [3.63, 3.8) is 0 Å². The first-order valence-corrected chi connectivity index (χ1v) is 20.0. The summed E-state index contributed by atoms with van der Waals surface area (Å²) in [6.07, 6.45) is 39.7. The van der Waals surface area contributed by atoms with Crippen molar-refractivity contribution in [3.8, 4) is 0 Å². The Bertz CT molecular complexity index is 905. The fraction of sp³-hybridized carbons (Fsp3) is 0.737. The molecule has 0 radical (unpaired) electrons. The lowest BCUT2D eigenvalue weighted by atomic mass is 10.0. The van der Waals surface area contributed by atoms with Crippen LogP contribution >= 0.6 is 7.82 Å². The molecule has 0 fully saturated rings. The number of phosphoric acid groups is 1.